The topological polar surface area (TPSA) is 29.5 Å². The standard InChI is InChI=1S/C16H30BrNO2/c1-4-8-16(12-17,9-5-2)13-18-10-6-14(7-11-18)15(19)20-3/h14H,4-13H2,1-3H3. The van der Waals surface area contributed by atoms with Gasteiger partial charge in [0.15, 0.2) is 0 Å². The van der Waals surface area contributed by atoms with E-state index in [1.54, 1.807) is 0 Å². The minimum atomic E-state index is -0.0291. The van der Waals surface area contributed by atoms with E-state index in [-0.39, 0.29) is 11.9 Å². The highest BCUT2D eigenvalue weighted by atomic mass is 79.9. The highest BCUT2D eigenvalue weighted by Crippen LogP contribution is 2.34. The fourth-order valence-corrected chi connectivity index (χ4v) is 4.23. The summed E-state index contributed by atoms with van der Waals surface area (Å²) in [4.78, 5) is 14.1. The van der Waals surface area contributed by atoms with Crippen LogP contribution in [-0.4, -0.2) is 42.9 Å². The molecule has 0 aromatic carbocycles. The van der Waals surface area contributed by atoms with Crippen LogP contribution in [0.5, 0.6) is 0 Å². The van der Waals surface area contributed by atoms with Crippen LogP contribution >= 0.6 is 15.9 Å². The maximum Gasteiger partial charge on any atom is 0.308 e. The van der Waals surface area contributed by atoms with E-state index in [4.69, 9.17) is 4.74 Å². The minimum absolute atomic E-state index is 0.0291. The second-order valence-electron chi connectivity index (χ2n) is 6.21. The lowest BCUT2D eigenvalue weighted by molar-refractivity contribution is -0.147. The first-order chi connectivity index (χ1) is 9.60. The fourth-order valence-electron chi connectivity index (χ4n) is 3.49. The number of nitrogens with zero attached hydrogens (tertiary/aromatic N) is 1. The first kappa shape index (κ1) is 18.0. The number of carbonyl (C=O) groups excluding carboxylic acids is 1. The van der Waals surface area contributed by atoms with Crippen molar-refractivity contribution >= 4 is 21.9 Å². The molecule has 0 atom stereocenters. The van der Waals surface area contributed by atoms with E-state index >= 15 is 0 Å². The zero-order valence-corrected chi connectivity index (χ0v) is 14.9. The Hall–Kier alpha value is -0.0900. The summed E-state index contributed by atoms with van der Waals surface area (Å²) in [5.74, 6) is 0.0884. The van der Waals surface area contributed by atoms with Crippen LogP contribution < -0.4 is 0 Å². The van der Waals surface area contributed by atoms with E-state index in [2.05, 4.69) is 34.7 Å². The molecule has 0 saturated carbocycles. The van der Waals surface area contributed by atoms with Gasteiger partial charge in [-0.1, -0.05) is 42.6 Å². The van der Waals surface area contributed by atoms with Crippen LogP contribution in [0.25, 0.3) is 0 Å². The Morgan fingerprint density at radius 3 is 2.20 bits per heavy atom. The van der Waals surface area contributed by atoms with E-state index in [9.17, 15) is 4.79 Å². The minimum Gasteiger partial charge on any atom is -0.469 e. The van der Waals surface area contributed by atoms with Gasteiger partial charge < -0.3 is 9.64 Å². The summed E-state index contributed by atoms with van der Waals surface area (Å²) in [6.07, 6.45) is 6.94. The summed E-state index contributed by atoms with van der Waals surface area (Å²) < 4.78 is 4.86. The number of hydrogen-bond acceptors (Lipinski definition) is 3. The summed E-state index contributed by atoms with van der Waals surface area (Å²) in [5.41, 5.74) is 0.404. The monoisotopic (exact) mass is 347 g/mol. The highest BCUT2D eigenvalue weighted by Gasteiger charge is 2.32. The zero-order valence-electron chi connectivity index (χ0n) is 13.3. The largest absolute Gasteiger partial charge is 0.469 e. The van der Waals surface area contributed by atoms with Crippen LogP contribution in [0.4, 0.5) is 0 Å². The van der Waals surface area contributed by atoms with E-state index < -0.39 is 0 Å². The van der Waals surface area contributed by atoms with Gasteiger partial charge in [-0.15, -0.1) is 0 Å². The number of alkyl halides is 1. The van der Waals surface area contributed by atoms with Crippen molar-refractivity contribution in [2.24, 2.45) is 11.3 Å². The van der Waals surface area contributed by atoms with Crippen molar-refractivity contribution in [2.45, 2.75) is 52.4 Å². The van der Waals surface area contributed by atoms with Crippen LogP contribution in [-0.2, 0) is 9.53 Å². The average molecular weight is 348 g/mol. The molecule has 0 aromatic heterocycles. The molecule has 20 heavy (non-hydrogen) atoms. The molecule has 0 aromatic rings. The molecule has 4 heteroatoms. The normalized spacial score (nSPS) is 18.2. The number of esters is 1. The molecule has 1 fully saturated rings. The molecule has 1 saturated heterocycles. The van der Waals surface area contributed by atoms with Crippen LogP contribution in [0.2, 0.25) is 0 Å². The van der Waals surface area contributed by atoms with Crippen molar-refractivity contribution in [1.82, 2.24) is 4.90 Å². The second kappa shape index (κ2) is 9.04. The lowest BCUT2D eigenvalue weighted by Crippen LogP contribution is -2.44. The summed E-state index contributed by atoms with van der Waals surface area (Å²) in [7, 11) is 1.49. The van der Waals surface area contributed by atoms with Gasteiger partial charge in [0, 0.05) is 11.9 Å². The van der Waals surface area contributed by atoms with E-state index in [1.165, 1.54) is 32.8 Å². The van der Waals surface area contributed by atoms with Gasteiger partial charge in [0.05, 0.1) is 13.0 Å². The Morgan fingerprint density at radius 2 is 1.80 bits per heavy atom. The SMILES string of the molecule is CCCC(CBr)(CCC)CN1CCC(C(=O)OC)CC1. The third-order valence-corrected chi connectivity index (χ3v) is 5.71. The van der Waals surface area contributed by atoms with Gasteiger partial charge >= 0.3 is 5.97 Å². The molecule has 1 rings (SSSR count). The van der Waals surface area contributed by atoms with Crippen LogP contribution in [0.15, 0.2) is 0 Å². The Labute approximate surface area is 132 Å². The van der Waals surface area contributed by atoms with Crippen LogP contribution in [0.1, 0.15) is 52.4 Å². The molecule has 1 aliphatic rings. The molecule has 0 aliphatic carbocycles. The lowest BCUT2D eigenvalue weighted by atomic mass is 9.80. The van der Waals surface area contributed by atoms with E-state index in [0.717, 1.165) is 37.8 Å². The van der Waals surface area contributed by atoms with Crippen molar-refractivity contribution in [3.05, 3.63) is 0 Å². The van der Waals surface area contributed by atoms with Gasteiger partial charge in [-0.2, -0.15) is 0 Å². The first-order valence-corrected chi connectivity index (χ1v) is 9.09. The molecule has 0 bridgehead atoms. The summed E-state index contributed by atoms with van der Waals surface area (Å²) in [5, 5.41) is 1.08. The summed E-state index contributed by atoms with van der Waals surface area (Å²) >= 11 is 3.75. The molecule has 3 nitrogen and oxygen atoms in total. The van der Waals surface area contributed by atoms with Gasteiger partial charge in [-0.05, 0) is 44.2 Å². The maximum absolute atomic E-state index is 11.6. The maximum atomic E-state index is 11.6. The number of halogens is 1. The Bertz CT molecular complexity index is 282. The summed E-state index contributed by atoms with van der Waals surface area (Å²) in [6, 6.07) is 0. The Kier molecular flexibility index (Phi) is 8.11. The number of rotatable bonds is 8. The Balaban J connectivity index is 2.52. The van der Waals surface area contributed by atoms with Gasteiger partial charge in [0.25, 0.3) is 0 Å². The highest BCUT2D eigenvalue weighted by molar-refractivity contribution is 9.09. The fraction of sp³-hybridized carbons (Fsp3) is 0.938. The molecule has 0 spiro atoms. The number of piperidine rings is 1. The van der Waals surface area contributed by atoms with Crippen molar-refractivity contribution in [3.8, 4) is 0 Å². The van der Waals surface area contributed by atoms with E-state index in [1.807, 2.05) is 0 Å². The van der Waals surface area contributed by atoms with Crippen molar-refractivity contribution in [2.75, 3.05) is 32.1 Å². The molecule has 0 N–H and O–H groups in total. The molecular weight excluding hydrogens is 318 g/mol. The van der Waals surface area contributed by atoms with E-state index in [0.29, 0.717) is 5.41 Å². The zero-order chi connectivity index (χ0) is 15.0. The number of carbonyl (C=O) groups is 1. The smallest absolute Gasteiger partial charge is 0.308 e. The van der Waals surface area contributed by atoms with Crippen molar-refractivity contribution < 1.29 is 9.53 Å². The molecule has 0 amide bonds. The van der Waals surface area contributed by atoms with Gasteiger partial charge in [-0.3, -0.25) is 4.79 Å². The second-order valence-corrected chi connectivity index (χ2v) is 6.77. The molecule has 0 radical (unpaired) electrons. The average Bonchev–Trinajstić information content (AvgIpc) is 2.47. The van der Waals surface area contributed by atoms with Crippen molar-refractivity contribution in [1.29, 1.82) is 0 Å². The molecular formula is C16H30BrNO2. The molecule has 1 aliphatic heterocycles. The quantitative estimate of drug-likeness (QED) is 0.493. The van der Waals surface area contributed by atoms with Crippen molar-refractivity contribution in [3.63, 3.8) is 0 Å². The van der Waals surface area contributed by atoms with Gasteiger partial charge in [-0.25, -0.2) is 0 Å². The molecule has 0 unspecified atom stereocenters. The Morgan fingerprint density at radius 1 is 1.25 bits per heavy atom. The van der Waals surface area contributed by atoms with Crippen LogP contribution in [0.3, 0.4) is 0 Å². The lowest BCUT2D eigenvalue weighted by Gasteiger charge is -2.40. The molecule has 118 valence electrons. The number of hydrogen-bond donors (Lipinski definition) is 0. The molecule has 1 heterocycles. The third kappa shape index (κ3) is 5.03. The number of ether oxygens (including phenoxy) is 1. The third-order valence-electron chi connectivity index (χ3n) is 4.53. The first-order valence-electron chi connectivity index (χ1n) is 7.97. The summed E-state index contributed by atoms with van der Waals surface area (Å²) in [6.45, 7) is 7.77. The van der Waals surface area contributed by atoms with Crippen LogP contribution in [0, 0.1) is 11.3 Å². The predicted molar refractivity (Wildman–Crippen MR) is 87.2 cm³/mol. The predicted octanol–water partition coefficient (Wildman–Crippen LogP) is 3.85. The number of methoxy groups -OCH3 is 1. The number of likely N-dealkylation sites (tertiary alicyclic amines) is 1. The van der Waals surface area contributed by atoms with Gasteiger partial charge in [0.1, 0.15) is 0 Å². The van der Waals surface area contributed by atoms with Gasteiger partial charge in [0.2, 0.25) is 0 Å².